The Labute approximate surface area is 152 Å². The average Bonchev–Trinajstić information content (AvgIpc) is 2.53. The van der Waals surface area contributed by atoms with Crippen LogP contribution in [-0.2, 0) is 10.2 Å². The number of carbonyl (C=O) groups is 1. The summed E-state index contributed by atoms with van der Waals surface area (Å²) in [6, 6.07) is 11.5. The summed E-state index contributed by atoms with van der Waals surface area (Å²) < 4.78 is 0. The number of nitrogens with one attached hydrogen (secondary N) is 2. The number of carbonyl (C=O) groups excluding carboxylic acids is 1. The third-order valence-electron chi connectivity index (χ3n) is 3.87. The number of aromatic amines is 1. The molecule has 0 saturated heterocycles. The smallest absolute Gasteiger partial charge is 0.267 e. The van der Waals surface area contributed by atoms with Gasteiger partial charge in [-0.1, -0.05) is 62.7 Å². The Bertz CT molecular complexity index is 843. The summed E-state index contributed by atoms with van der Waals surface area (Å²) in [5.41, 5.74) is 3.40. The van der Waals surface area contributed by atoms with Crippen LogP contribution in [0.25, 0.3) is 5.57 Å². The van der Waals surface area contributed by atoms with Crippen molar-refractivity contribution in [1.82, 2.24) is 10.3 Å². The summed E-state index contributed by atoms with van der Waals surface area (Å²) in [4.78, 5) is 25.8. The van der Waals surface area contributed by atoms with Crippen molar-refractivity contribution in [2.75, 3.05) is 6.54 Å². The highest BCUT2D eigenvalue weighted by molar-refractivity contribution is 6.30. The molecule has 0 aliphatic heterocycles. The van der Waals surface area contributed by atoms with Gasteiger partial charge in [0.15, 0.2) is 0 Å². The van der Waals surface area contributed by atoms with Crippen molar-refractivity contribution in [3.8, 4) is 0 Å². The fraction of sp³-hybridized carbons (Fsp3) is 0.300. The largest absolute Gasteiger partial charge is 0.353 e. The van der Waals surface area contributed by atoms with Crippen molar-refractivity contribution in [2.45, 2.75) is 33.1 Å². The van der Waals surface area contributed by atoms with Crippen LogP contribution in [0.15, 0.2) is 47.3 Å². The van der Waals surface area contributed by atoms with Crippen LogP contribution in [0, 0.1) is 0 Å². The molecule has 1 heterocycles. The summed E-state index contributed by atoms with van der Waals surface area (Å²) in [6.45, 7) is 8.32. The Hall–Kier alpha value is -2.33. The predicted octanol–water partition coefficient (Wildman–Crippen LogP) is 3.89. The van der Waals surface area contributed by atoms with Gasteiger partial charge in [0.05, 0.1) is 0 Å². The molecule has 2 N–H and O–H groups in total. The maximum absolute atomic E-state index is 11.9. The highest BCUT2D eigenvalue weighted by atomic mass is 35.5. The predicted molar refractivity (Wildman–Crippen MR) is 103 cm³/mol. The van der Waals surface area contributed by atoms with Crippen molar-refractivity contribution >= 4 is 23.1 Å². The van der Waals surface area contributed by atoms with Gasteiger partial charge >= 0.3 is 0 Å². The minimum Gasteiger partial charge on any atom is -0.353 e. The molecular weight excluding hydrogens is 336 g/mol. The molecule has 4 nitrogen and oxygen atoms in total. The van der Waals surface area contributed by atoms with E-state index in [4.69, 9.17) is 11.6 Å². The number of hydrogen-bond donors (Lipinski definition) is 2. The summed E-state index contributed by atoms with van der Waals surface area (Å²) in [7, 11) is 0. The number of halogens is 1. The van der Waals surface area contributed by atoms with Crippen LogP contribution in [0.5, 0.6) is 0 Å². The third-order valence-corrected chi connectivity index (χ3v) is 4.17. The van der Waals surface area contributed by atoms with E-state index in [0.29, 0.717) is 12.2 Å². The molecule has 0 aliphatic rings. The molecule has 2 aromatic rings. The number of amides is 1. The van der Waals surface area contributed by atoms with Crippen LogP contribution in [0.3, 0.4) is 0 Å². The van der Waals surface area contributed by atoms with Gasteiger partial charge in [-0.3, -0.25) is 9.59 Å². The van der Waals surface area contributed by atoms with Crippen LogP contribution >= 0.6 is 11.6 Å². The second-order valence-corrected chi connectivity index (χ2v) is 7.34. The molecule has 25 heavy (non-hydrogen) atoms. The zero-order chi connectivity index (χ0) is 18.6. The normalized spacial score (nSPS) is 12.1. The number of hydrogen-bond acceptors (Lipinski definition) is 2. The lowest BCUT2D eigenvalue weighted by molar-refractivity contribution is -0.118. The molecule has 0 spiro atoms. The standard InChI is InChI=1S/C20H23ClN2O2/c1-13(24)22-12-11-16(18-10-9-17(21)19(25)23-18)14-5-7-15(8-6-14)20(2,3)4/h5-11H,12H2,1-4H3,(H,22,24)(H,23,25). The number of H-pyrrole nitrogens is 1. The Kier molecular flexibility index (Phi) is 5.85. The maximum atomic E-state index is 11.9. The van der Waals surface area contributed by atoms with E-state index in [1.165, 1.54) is 12.5 Å². The number of pyridine rings is 1. The highest BCUT2D eigenvalue weighted by Gasteiger charge is 2.14. The Morgan fingerprint density at radius 3 is 2.32 bits per heavy atom. The summed E-state index contributed by atoms with van der Waals surface area (Å²) in [5.74, 6) is -0.108. The van der Waals surface area contributed by atoms with Crippen molar-refractivity contribution < 1.29 is 4.79 Å². The molecular formula is C20H23ClN2O2. The first kappa shape index (κ1) is 19.0. The molecule has 0 radical (unpaired) electrons. The topological polar surface area (TPSA) is 62.0 Å². The number of aromatic nitrogens is 1. The van der Waals surface area contributed by atoms with Gasteiger partial charge in [0.25, 0.3) is 5.56 Å². The average molecular weight is 359 g/mol. The molecule has 0 bridgehead atoms. The third kappa shape index (κ3) is 5.07. The van der Waals surface area contributed by atoms with Crippen molar-refractivity contribution in [1.29, 1.82) is 0 Å². The SMILES string of the molecule is CC(=O)NCC=C(c1ccc(C(C)(C)C)cc1)c1ccc(Cl)c(=O)[nH]1. The van der Waals surface area contributed by atoms with E-state index in [2.05, 4.69) is 43.2 Å². The van der Waals surface area contributed by atoms with Crippen molar-refractivity contribution in [3.05, 3.63) is 74.7 Å². The first-order valence-corrected chi connectivity index (χ1v) is 8.51. The Morgan fingerprint density at radius 1 is 1.16 bits per heavy atom. The van der Waals surface area contributed by atoms with Gasteiger partial charge in [-0.25, -0.2) is 0 Å². The Balaban J connectivity index is 2.45. The van der Waals surface area contributed by atoms with Gasteiger partial charge < -0.3 is 10.3 Å². The zero-order valence-corrected chi connectivity index (χ0v) is 15.7. The maximum Gasteiger partial charge on any atom is 0.267 e. The molecule has 0 atom stereocenters. The van der Waals surface area contributed by atoms with E-state index in [0.717, 1.165) is 11.1 Å². The van der Waals surface area contributed by atoms with Gasteiger partial charge in [0.2, 0.25) is 5.91 Å². The zero-order valence-electron chi connectivity index (χ0n) is 14.9. The first-order chi connectivity index (χ1) is 11.7. The fourth-order valence-corrected chi connectivity index (χ4v) is 2.55. The fourth-order valence-electron chi connectivity index (χ4n) is 2.44. The van der Waals surface area contributed by atoms with Crippen LogP contribution in [0.2, 0.25) is 5.02 Å². The lowest BCUT2D eigenvalue weighted by Crippen LogP contribution is -2.20. The molecule has 0 saturated carbocycles. The second-order valence-electron chi connectivity index (χ2n) is 6.93. The van der Waals surface area contributed by atoms with E-state index >= 15 is 0 Å². The molecule has 2 rings (SSSR count). The molecule has 1 aromatic carbocycles. The highest BCUT2D eigenvalue weighted by Crippen LogP contribution is 2.26. The summed E-state index contributed by atoms with van der Waals surface area (Å²) in [6.07, 6.45) is 1.88. The Morgan fingerprint density at radius 2 is 1.80 bits per heavy atom. The summed E-state index contributed by atoms with van der Waals surface area (Å²) >= 11 is 5.83. The van der Waals surface area contributed by atoms with Gasteiger partial charge in [-0.15, -0.1) is 0 Å². The van der Waals surface area contributed by atoms with Gasteiger partial charge in [-0.05, 0) is 28.7 Å². The first-order valence-electron chi connectivity index (χ1n) is 8.13. The lowest BCUT2D eigenvalue weighted by Gasteiger charge is -2.19. The molecule has 0 fully saturated rings. The van der Waals surface area contributed by atoms with E-state index in [-0.39, 0.29) is 21.9 Å². The van der Waals surface area contributed by atoms with E-state index in [1.807, 2.05) is 18.2 Å². The molecule has 1 aromatic heterocycles. The molecule has 132 valence electrons. The quantitative estimate of drug-likeness (QED) is 0.870. The van der Waals surface area contributed by atoms with Gasteiger partial charge in [-0.2, -0.15) is 0 Å². The monoisotopic (exact) mass is 358 g/mol. The van der Waals surface area contributed by atoms with Crippen molar-refractivity contribution in [3.63, 3.8) is 0 Å². The van der Waals surface area contributed by atoms with Crippen LogP contribution in [0.1, 0.15) is 44.5 Å². The van der Waals surface area contributed by atoms with Crippen LogP contribution in [0.4, 0.5) is 0 Å². The molecule has 0 unspecified atom stereocenters. The second kappa shape index (κ2) is 7.70. The van der Waals surface area contributed by atoms with E-state index < -0.39 is 0 Å². The number of rotatable bonds is 4. The van der Waals surface area contributed by atoms with Gasteiger partial charge in [0, 0.05) is 24.7 Å². The van der Waals surface area contributed by atoms with Gasteiger partial charge in [0.1, 0.15) is 5.02 Å². The van der Waals surface area contributed by atoms with E-state index in [9.17, 15) is 9.59 Å². The lowest BCUT2D eigenvalue weighted by atomic mass is 9.86. The van der Waals surface area contributed by atoms with Crippen LogP contribution < -0.4 is 10.9 Å². The minimum atomic E-state index is -0.337. The minimum absolute atomic E-state index is 0.0627. The molecule has 5 heteroatoms. The van der Waals surface area contributed by atoms with Crippen molar-refractivity contribution in [2.24, 2.45) is 0 Å². The molecule has 0 aliphatic carbocycles. The van der Waals surface area contributed by atoms with Crippen LogP contribution in [-0.4, -0.2) is 17.4 Å². The molecule has 1 amide bonds. The summed E-state index contributed by atoms with van der Waals surface area (Å²) in [5, 5.41) is 2.89. The number of benzene rings is 1. The van der Waals surface area contributed by atoms with E-state index in [1.54, 1.807) is 12.1 Å².